The Morgan fingerprint density at radius 3 is 2.91 bits per heavy atom. The van der Waals surface area contributed by atoms with Gasteiger partial charge in [-0.25, -0.2) is 0 Å². The number of hydrogen-bond donors (Lipinski definition) is 1. The van der Waals surface area contributed by atoms with Gasteiger partial charge < -0.3 is 15.4 Å². The van der Waals surface area contributed by atoms with Gasteiger partial charge in [0.1, 0.15) is 0 Å². The predicted octanol–water partition coefficient (Wildman–Crippen LogP) is 2.90. The van der Waals surface area contributed by atoms with E-state index in [4.69, 9.17) is 10.5 Å². The van der Waals surface area contributed by atoms with Crippen LogP contribution in [0.5, 0.6) is 0 Å². The van der Waals surface area contributed by atoms with Gasteiger partial charge in [-0.05, 0) is 30.4 Å². The highest BCUT2D eigenvalue weighted by molar-refractivity contribution is 7.20. The van der Waals surface area contributed by atoms with Crippen molar-refractivity contribution in [3.63, 3.8) is 0 Å². The van der Waals surface area contributed by atoms with Crippen LogP contribution in [0.15, 0.2) is 30.3 Å². The molecule has 0 aliphatic carbocycles. The third kappa shape index (κ3) is 3.27. The number of carbonyl (C=O) groups is 1. The monoisotopic (exact) mass is 340 g/mol. The Labute approximate surface area is 140 Å². The Morgan fingerprint density at radius 2 is 2.23 bits per heavy atom. The van der Waals surface area contributed by atoms with E-state index in [1.807, 2.05) is 35.2 Å². The molecule has 0 radical (unpaired) electrons. The average molecular weight is 341 g/mol. The number of likely N-dealkylation sites (tertiary alicyclic amines) is 1. The molecule has 2 heterocycles. The molecule has 22 heavy (non-hydrogen) atoms. The standard InChI is InChI=1S/C16H20N2O2S.ClH/c1-20-13-6-7-18(12(9-13)10-17)16(19)15-8-11-4-2-3-5-14(11)21-15;/h2-5,8,12-13H,6-7,9-10,17H2,1H3;1H. The summed E-state index contributed by atoms with van der Waals surface area (Å²) < 4.78 is 6.56. The fourth-order valence-corrected chi connectivity index (χ4v) is 3.97. The van der Waals surface area contributed by atoms with E-state index in [1.54, 1.807) is 18.4 Å². The van der Waals surface area contributed by atoms with Crippen molar-refractivity contribution in [1.82, 2.24) is 4.90 Å². The lowest BCUT2D eigenvalue weighted by Crippen LogP contribution is -2.51. The van der Waals surface area contributed by atoms with Gasteiger partial charge in [-0.2, -0.15) is 0 Å². The number of carbonyl (C=O) groups excluding carboxylic acids is 1. The molecular weight excluding hydrogens is 320 g/mol. The molecule has 120 valence electrons. The third-order valence-electron chi connectivity index (χ3n) is 4.17. The van der Waals surface area contributed by atoms with E-state index < -0.39 is 0 Å². The third-order valence-corrected chi connectivity index (χ3v) is 5.27. The molecule has 1 fully saturated rings. The zero-order chi connectivity index (χ0) is 14.8. The second-order valence-corrected chi connectivity index (χ2v) is 6.50. The summed E-state index contributed by atoms with van der Waals surface area (Å²) in [6.45, 7) is 1.20. The Kier molecular flexibility index (Phi) is 5.81. The molecule has 2 unspecified atom stereocenters. The molecule has 0 saturated carbocycles. The van der Waals surface area contributed by atoms with Crippen molar-refractivity contribution in [1.29, 1.82) is 0 Å². The van der Waals surface area contributed by atoms with Crippen molar-refractivity contribution in [2.45, 2.75) is 25.0 Å². The molecule has 3 rings (SSSR count). The molecule has 1 amide bonds. The quantitative estimate of drug-likeness (QED) is 0.934. The van der Waals surface area contributed by atoms with Crippen molar-refractivity contribution in [2.24, 2.45) is 5.73 Å². The van der Waals surface area contributed by atoms with E-state index in [9.17, 15) is 4.79 Å². The number of nitrogens with zero attached hydrogens (tertiary/aromatic N) is 1. The number of hydrogen-bond acceptors (Lipinski definition) is 4. The number of halogens is 1. The molecule has 2 atom stereocenters. The van der Waals surface area contributed by atoms with Crippen molar-refractivity contribution < 1.29 is 9.53 Å². The van der Waals surface area contributed by atoms with Crippen LogP contribution >= 0.6 is 23.7 Å². The second kappa shape index (κ2) is 7.42. The number of amides is 1. The second-order valence-electron chi connectivity index (χ2n) is 5.42. The fourth-order valence-electron chi connectivity index (χ4n) is 2.95. The average Bonchev–Trinajstić information content (AvgIpc) is 2.97. The lowest BCUT2D eigenvalue weighted by molar-refractivity contribution is 0.0141. The van der Waals surface area contributed by atoms with Gasteiger partial charge in [-0.1, -0.05) is 18.2 Å². The number of ether oxygens (including phenoxy) is 1. The maximum Gasteiger partial charge on any atom is 0.264 e. The molecule has 1 aromatic carbocycles. The minimum atomic E-state index is 0. The van der Waals surface area contributed by atoms with Crippen LogP contribution in [-0.2, 0) is 4.74 Å². The number of piperidine rings is 1. The van der Waals surface area contributed by atoms with Crippen LogP contribution in [0.4, 0.5) is 0 Å². The molecule has 6 heteroatoms. The van der Waals surface area contributed by atoms with Crippen LogP contribution in [0.3, 0.4) is 0 Å². The summed E-state index contributed by atoms with van der Waals surface area (Å²) in [6.07, 6.45) is 1.91. The molecule has 4 nitrogen and oxygen atoms in total. The summed E-state index contributed by atoms with van der Waals surface area (Å²) in [4.78, 5) is 15.5. The van der Waals surface area contributed by atoms with E-state index in [0.717, 1.165) is 27.8 Å². The first-order valence-corrected chi connectivity index (χ1v) is 8.07. The van der Waals surface area contributed by atoms with Gasteiger partial charge in [-0.15, -0.1) is 23.7 Å². The molecule has 2 aromatic rings. The lowest BCUT2D eigenvalue weighted by Gasteiger charge is -2.38. The van der Waals surface area contributed by atoms with Gasteiger partial charge in [-0.3, -0.25) is 4.79 Å². The smallest absolute Gasteiger partial charge is 0.264 e. The highest BCUT2D eigenvalue weighted by Crippen LogP contribution is 2.28. The van der Waals surface area contributed by atoms with Crippen LogP contribution in [0.25, 0.3) is 10.1 Å². The number of methoxy groups -OCH3 is 1. The first kappa shape index (κ1) is 17.2. The van der Waals surface area contributed by atoms with Gasteiger partial charge in [0, 0.05) is 30.9 Å². The van der Waals surface area contributed by atoms with Gasteiger partial charge in [0.15, 0.2) is 0 Å². The van der Waals surface area contributed by atoms with E-state index in [0.29, 0.717) is 13.1 Å². The molecule has 2 N–H and O–H groups in total. The van der Waals surface area contributed by atoms with Crippen LogP contribution in [0, 0.1) is 0 Å². The summed E-state index contributed by atoms with van der Waals surface area (Å²) in [5, 5.41) is 1.13. The molecule has 0 bridgehead atoms. The van der Waals surface area contributed by atoms with Crippen molar-refractivity contribution in [3.8, 4) is 0 Å². The van der Waals surface area contributed by atoms with Crippen LogP contribution in [-0.4, -0.2) is 43.2 Å². The number of thiophene rings is 1. The Balaban J connectivity index is 0.00000176. The number of fused-ring (bicyclic) bond motifs is 1. The summed E-state index contributed by atoms with van der Waals surface area (Å²) in [6, 6.07) is 10.1. The number of rotatable bonds is 3. The topological polar surface area (TPSA) is 55.6 Å². The number of nitrogens with two attached hydrogens (primary N) is 1. The summed E-state index contributed by atoms with van der Waals surface area (Å²) in [5.74, 6) is 0.0983. The molecule has 1 aliphatic heterocycles. The van der Waals surface area contributed by atoms with Gasteiger partial charge in [0.05, 0.1) is 11.0 Å². The van der Waals surface area contributed by atoms with Gasteiger partial charge in [0.2, 0.25) is 0 Å². The van der Waals surface area contributed by atoms with Crippen molar-refractivity contribution >= 4 is 39.7 Å². The highest BCUT2D eigenvalue weighted by atomic mass is 35.5. The summed E-state index contributed by atoms with van der Waals surface area (Å²) in [5.41, 5.74) is 5.86. The van der Waals surface area contributed by atoms with E-state index in [-0.39, 0.29) is 30.5 Å². The Morgan fingerprint density at radius 1 is 1.45 bits per heavy atom. The minimum Gasteiger partial charge on any atom is -0.381 e. The number of benzene rings is 1. The summed E-state index contributed by atoms with van der Waals surface area (Å²) >= 11 is 1.55. The fraction of sp³-hybridized carbons (Fsp3) is 0.438. The van der Waals surface area contributed by atoms with Gasteiger partial charge in [0.25, 0.3) is 5.91 Å². The maximum absolute atomic E-state index is 12.8. The highest BCUT2D eigenvalue weighted by Gasteiger charge is 2.31. The predicted molar refractivity (Wildman–Crippen MR) is 93.0 cm³/mol. The van der Waals surface area contributed by atoms with E-state index >= 15 is 0 Å². The molecule has 1 saturated heterocycles. The van der Waals surface area contributed by atoms with Crippen LogP contribution in [0.1, 0.15) is 22.5 Å². The SMILES string of the molecule is COC1CCN(C(=O)c2cc3ccccc3s2)C(CN)C1.Cl. The molecule has 1 aromatic heterocycles. The Bertz CT molecular complexity index is 613. The van der Waals surface area contributed by atoms with Crippen molar-refractivity contribution in [3.05, 3.63) is 35.2 Å². The zero-order valence-electron chi connectivity index (χ0n) is 12.5. The van der Waals surface area contributed by atoms with Crippen LogP contribution < -0.4 is 5.73 Å². The molecule has 1 aliphatic rings. The van der Waals surface area contributed by atoms with Crippen LogP contribution in [0.2, 0.25) is 0 Å². The van der Waals surface area contributed by atoms with Crippen molar-refractivity contribution in [2.75, 3.05) is 20.2 Å². The van der Waals surface area contributed by atoms with Gasteiger partial charge >= 0.3 is 0 Å². The largest absolute Gasteiger partial charge is 0.381 e. The summed E-state index contributed by atoms with van der Waals surface area (Å²) in [7, 11) is 1.72. The first-order chi connectivity index (χ1) is 10.2. The maximum atomic E-state index is 12.8. The minimum absolute atomic E-state index is 0. The van der Waals surface area contributed by atoms with E-state index in [1.165, 1.54) is 0 Å². The lowest BCUT2D eigenvalue weighted by atomic mass is 9.99. The van der Waals surface area contributed by atoms with E-state index in [2.05, 4.69) is 0 Å². The molecule has 0 spiro atoms. The first-order valence-electron chi connectivity index (χ1n) is 7.25. The zero-order valence-corrected chi connectivity index (χ0v) is 14.2. The Hall–Kier alpha value is -1.14. The normalized spacial score (nSPS) is 21.6. The molecular formula is C16H21ClN2O2S.